The molecule has 9 heteroatoms. The Kier molecular flexibility index (Phi) is 10.3. The Balaban J connectivity index is 1.69. The number of amides is 2. The van der Waals surface area contributed by atoms with E-state index in [2.05, 4.69) is 10.6 Å². The first kappa shape index (κ1) is 28.7. The smallest absolute Gasteiger partial charge is 0.408 e. The first-order chi connectivity index (χ1) is 18.1. The molecule has 0 saturated carbocycles. The van der Waals surface area contributed by atoms with E-state index in [9.17, 15) is 14.4 Å². The molecule has 0 bridgehead atoms. The Morgan fingerprint density at radius 3 is 2.39 bits per heavy atom. The van der Waals surface area contributed by atoms with Crippen molar-refractivity contribution in [3.8, 4) is 11.1 Å². The summed E-state index contributed by atoms with van der Waals surface area (Å²) >= 11 is 1.32. The molecular formula is C29H34N2O6S. The van der Waals surface area contributed by atoms with Crippen LogP contribution in [0.2, 0.25) is 0 Å². The molecule has 2 N–H and O–H groups in total. The highest BCUT2D eigenvalue weighted by molar-refractivity contribution is 7.12. The topological polar surface area (TPSA) is 103 Å². The van der Waals surface area contributed by atoms with Gasteiger partial charge in [-0.05, 0) is 73.9 Å². The molecule has 0 radical (unpaired) electrons. The fourth-order valence-electron chi connectivity index (χ4n) is 3.60. The zero-order valence-electron chi connectivity index (χ0n) is 22.1. The summed E-state index contributed by atoms with van der Waals surface area (Å²) in [6.07, 6.45) is -0.691. The van der Waals surface area contributed by atoms with Gasteiger partial charge >= 0.3 is 18.2 Å². The summed E-state index contributed by atoms with van der Waals surface area (Å²) in [5, 5.41) is 7.56. The molecule has 38 heavy (non-hydrogen) atoms. The van der Waals surface area contributed by atoms with Crippen molar-refractivity contribution in [2.24, 2.45) is 0 Å². The molecule has 0 aliphatic rings. The molecule has 2 amide bonds. The normalized spacial score (nSPS) is 11.8. The lowest BCUT2D eigenvalue weighted by molar-refractivity contribution is 0.0498. The van der Waals surface area contributed by atoms with Crippen molar-refractivity contribution in [1.29, 1.82) is 0 Å². The highest BCUT2D eigenvalue weighted by Gasteiger charge is 2.21. The first-order valence-electron chi connectivity index (χ1n) is 12.4. The molecule has 0 spiro atoms. The van der Waals surface area contributed by atoms with E-state index < -0.39 is 23.8 Å². The molecule has 1 unspecified atom stereocenters. The van der Waals surface area contributed by atoms with Gasteiger partial charge in [0.2, 0.25) is 0 Å². The fourth-order valence-corrected chi connectivity index (χ4v) is 4.40. The van der Waals surface area contributed by atoms with Crippen molar-refractivity contribution in [3.63, 3.8) is 0 Å². The second-order valence-electron chi connectivity index (χ2n) is 9.52. The lowest BCUT2D eigenvalue weighted by Gasteiger charge is -2.24. The lowest BCUT2D eigenvalue weighted by atomic mass is 9.99. The molecule has 8 nitrogen and oxygen atoms in total. The van der Waals surface area contributed by atoms with Gasteiger partial charge in [-0.25, -0.2) is 14.4 Å². The van der Waals surface area contributed by atoms with Gasteiger partial charge in [0.25, 0.3) is 0 Å². The summed E-state index contributed by atoms with van der Waals surface area (Å²) in [5.74, 6) is -0.352. The van der Waals surface area contributed by atoms with E-state index in [0.717, 1.165) is 22.3 Å². The minimum absolute atomic E-state index is 0.169. The van der Waals surface area contributed by atoms with E-state index in [0.29, 0.717) is 17.9 Å². The average Bonchev–Trinajstić information content (AvgIpc) is 3.37. The molecule has 1 atom stereocenters. The number of thiophene rings is 1. The van der Waals surface area contributed by atoms with Crippen molar-refractivity contribution in [1.82, 2.24) is 10.6 Å². The number of benzene rings is 2. The Morgan fingerprint density at radius 2 is 1.68 bits per heavy atom. The third kappa shape index (κ3) is 9.23. The van der Waals surface area contributed by atoms with Gasteiger partial charge in [-0.15, -0.1) is 11.3 Å². The van der Waals surface area contributed by atoms with Crippen molar-refractivity contribution in [2.75, 3.05) is 13.2 Å². The van der Waals surface area contributed by atoms with Crippen LogP contribution in [0.5, 0.6) is 0 Å². The van der Waals surface area contributed by atoms with E-state index in [-0.39, 0.29) is 19.1 Å². The van der Waals surface area contributed by atoms with Crippen molar-refractivity contribution >= 4 is 29.5 Å². The summed E-state index contributed by atoms with van der Waals surface area (Å²) in [7, 11) is 0. The van der Waals surface area contributed by atoms with Crippen molar-refractivity contribution in [3.05, 3.63) is 82.0 Å². The molecule has 0 aliphatic heterocycles. The summed E-state index contributed by atoms with van der Waals surface area (Å²) < 4.78 is 15.8. The monoisotopic (exact) mass is 538 g/mol. The van der Waals surface area contributed by atoms with Gasteiger partial charge in [0.1, 0.15) is 17.1 Å². The fraction of sp³-hybridized carbons (Fsp3) is 0.345. The summed E-state index contributed by atoms with van der Waals surface area (Å²) in [4.78, 5) is 37.4. The van der Waals surface area contributed by atoms with Crippen LogP contribution in [-0.4, -0.2) is 36.9 Å². The second kappa shape index (κ2) is 13.6. The van der Waals surface area contributed by atoms with E-state index in [1.807, 2.05) is 60.0 Å². The van der Waals surface area contributed by atoms with Crippen molar-refractivity contribution in [2.45, 2.75) is 52.4 Å². The largest absolute Gasteiger partial charge is 0.462 e. The number of alkyl carbamates (subject to hydrolysis) is 2. The van der Waals surface area contributed by atoms with E-state index in [1.54, 1.807) is 33.8 Å². The molecule has 0 fully saturated rings. The second-order valence-corrected chi connectivity index (χ2v) is 10.4. The van der Waals surface area contributed by atoms with Crippen molar-refractivity contribution < 1.29 is 28.6 Å². The van der Waals surface area contributed by atoms with Gasteiger partial charge in [0, 0.05) is 6.54 Å². The summed E-state index contributed by atoms with van der Waals surface area (Å²) in [6, 6.07) is 18.4. The van der Waals surface area contributed by atoms with Gasteiger partial charge in [-0.1, -0.05) is 48.5 Å². The van der Waals surface area contributed by atoms with Crippen LogP contribution in [0.15, 0.2) is 66.0 Å². The molecular weight excluding hydrogens is 504 g/mol. The molecule has 0 aliphatic carbocycles. The molecule has 3 rings (SSSR count). The van der Waals surface area contributed by atoms with Crippen LogP contribution < -0.4 is 10.6 Å². The van der Waals surface area contributed by atoms with Crippen LogP contribution in [0, 0.1) is 0 Å². The zero-order valence-corrected chi connectivity index (χ0v) is 22.9. The highest BCUT2D eigenvalue weighted by Crippen LogP contribution is 2.29. The van der Waals surface area contributed by atoms with Gasteiger partial charge in [0.05, 0.1) is 12.6 Å². The number of nitrogens with one attached hydrogen (secondary N) is 2. The van der Waals surface area contributed by atoms with E-state index in [1.165, 1.54) is 11.3 Å². The maximum atomic E-state index is 12.6. The standard InChI is InChI=1S/C29H34N2O6S/c1-5-35-26(32)25-17-23(19-38-25)21-12-9-13-22(16-21)24(31-28(34)37-29(2,3)4)14-15-30-27(33)36-18-20-10-7-6-8-11-20/h6-13,16-17,19,24H,5,14-15,18H2,1-4H3,(H,30,33)(H,31,34). The number of carbonyl (C=O) groups excluding carboxylic acids is 3. The predicted molar refractivity (Wildman–Crippen MR) is 147 cm³/mol. The molecule has 3 aromatic rings. The number of hydrogen-bond donors (Lipinski definition) is 2. The number of rotatable bonds is 10. The molecule has 202 valence electrons. The number of esters is 1. The molecule has 1 heterocycles. The average molecular weight is 539 g/mol. The van der Waals surface area contributed by atoms with E-state index >= 15 is 0 Å². The predicted octanol–water partition coefficient (Wildman–Crippen LogP) is 6.47. The van der Waals surface area contributed by atoms with Crippen LogP contribution in [0.3, 0.4) is 0 Å². The van der Waals surface area contributed by atoms with Gasteiger partial charge in [-0.2, -0.15) is 0 Å². The molecule has 2 aromatic carbocycles. The Bertz CT molecular complexity index is 1220. The van der Waals surface area contributed by atoms with Gasteiger partial charge in [0.15, 0.2) is 0 Å². The SMILES string of the molecule is CCOC(=O)c1cc(-c2cccc(C(CCNC(=O)OCc3ccccc3)NC(=O)OC(C)(C)C)c2)cs1. The summed E-state index contributed by atoms with van der Waals surface area (Å²) in [5.41, 5.74) is 2.83. The highest BCUT2D eigenvalue weighted by atomic mass is 32.1. The van der Waals surface area contributed by atoms with Crippen LogP contribution in [0.25, 0.3) is 11.1 Å². The summed E-state index contributed by atoms with van der Waals surface area (Å²) in [6.45, 7) is 7.91. The Hall–Kier alpha value is -3.85. The zero-order chi connectivity index (χ0) is 27.5. The van der Waals surface area contributed by atoms with Crippen LogP contribution in [0.4, 0.5) is 9.59 Å². The van der Waals surface area contributed by atoms with Crippen LogP contribution in [-0.2, 0) is 20.8 Å². The maximum Gasteiger partial charge on any atom is 0.408 e. The van der Waals surface area contributed by atoms with Crippen LogP contribution in [0.1, 0.15) is 61.0 Å². The minimum atomic E-state index is -0.657. The Labute approximate surface area is 227 Å². The van der Waals surface area contributed by atoms with Crippen LogP contribution >= 0.6 is 11.3 Å². The number of hydrogen-bond acceptors (Lipinski definition) is 7. The van der Waals surface area contributed by atoms with Gasteiger partial charge < -0.3 is 24.8 Å². The van der Waals surface area contributed by atoms with Gasteiger partial charge in [-0.3, -0.25) is 0 Å². The molecule has 1 aromatic heterocycles. The maximum absolute atomic E-state index is 12.6. The first-order valence-corrected chi connectivity index (χ1v) is 13.3. The molecule has 0 saturated heterocycles. The lowest BCUT2D eigenvalue weighted by Crippen LogP contribution is -2.36. The minimum Gasteiger partial charge on any atom is -0.462 e. The quantitative estimate of drug-likeness (QED) is 0.226. The third-order valence-electron chi connectivity index (χ3n) is 5.30. The van der Waals surface area contributed by atoms with E-state index in [4.69, 9.17) is 14.2 Å². The third-order valence-corrected chi connectivity index (χ3v) is 6.21. The number of ether oxygens (including phenoxy) is 3. The Morgan fingerprint density at radius 1 is 0.921 bits per heavy atom. The number of carbonyl (C=O) groups is 3.